The van der Waals surface area contributed by atoms with Gasteiger partial charge in [-0.05, 0) is 44.7 Å². The highest BCUT2D eigenvalue weighted by atomic mass is 14.8. The zero-order valence-electron chi connectivity index (χ0n) is 13.3. The molecule has 0 saturated heterocycles. The topological polar surface area (TPSA) is 12.0 Å². The van der Waals surface area contributed by atoms with Gasteiger partial charge in [0.05, 0.1) is 0 Å². The first kappa shape index (κ1) is 15.3. The van der Waals surface area contributed by atoms with E-state index in [1.807, 2.05) is 0 Å². The summed E-state index contributed by atoms with van der Waals surface area (Å²) in [6, 6.07) is 6.87. The average molecular weight is 271 g/mol. The Hall–Kier alpha value is -1.08. The van der Waals surface area contributed by atoms with Gasteiger partial charge >= 0.3 is 0 Å². The summed E-state index contributed by atoms with van der Waals surface area (Å²) in [7, 11) is 0. The van der Waals surface area contributed by atoms with E-state index >= 15 is 0 Å². The van der Waals surface area contributed by atoms with E-state index in [1.165, 1.54) is 48.8 Å². The largest absolute Gasteiger partial charge is 0.313 e. The van der Waals surface area contributed by atoms with E-state index in [-0.39, 0.29) is 0 Å². The lowest BCUT2D eigenvalue weighted by atomic mass is 9.83. The van der Waals surface area contributed by atoms with Crippen molar-refractivity contribution >= 4 is 6.08 Å². The molecule has 0 amide bonds. The Bertz CT molecular complexity index is 433. The van der Waals surface area contributed by atoms with E-state index in [2.05, 4.69) is 50.4 Å². The zero-order chi connectivity index (χ0) is 14.4. The monoisotopic (exact) mass is 271 g/mol. The van der Waals surface area contributed by atoms with E-state index in [4.69, 9.17) is 0 Å². The van der Waals surface area contributed by atoms with Crippen LogP contribution < -0.4 is 5.32 Å². The van der Waals surface area contributed by atoms with Gasteiger partial charge in [-0.1, -0.05) is 67.2 Å². The molecule has 1 fully saturated rings. The SMILES string of the molecule is CCNC/C(=C/c1cc(C)cc(C)c1)C1CCCCC1. The van der Waals surface area contributed by atoms with Crippen LogP contribution in [0.1, 0.15) is 55.7 Å². The summed E-state index contributed by atoms with van der Waals surface area (Å²) in [6.45, 7) is 8.67. The van der Waals surface area contributed by atoms with Crippen molar-refractivity contribution in [2.45, 2.75) is 52.9 Å². The molecular weight excluding hydrogens is 242 g/mol. The van der Waals surface area contributed by atoms with E-state index in [0.29, 0.717) is 0 Å². The van der Waals surface area contributed by atoms with E-state index in [1.54, 1.807) is 5.57 Å². The summed E-state index contributed by atoms with van der Waals surface area (Å²) in [5.41, 5.74) is 5.71. The van der Waals surface area contributed by atoms with Gasteiger partial charge in [-0.25, -0.2) is 0 Å². The summed E-state index contributed by atoms with van der Waals surface area (Å²) >= 11 is 0. The normalized spacial score (nSPS) is 17.4. The average Bonchev–Trinajstić information content (AvgIpc) is 2.43. The molecule has 0 aliphatic heterocycles. The summed E-state index contributed by atoms with van der Waals surface area (Å²) in [4.78, 5) is 0. The number of rotatable bonds is 5. The van der Waals surface area contributed by atoms with Crippen molar-refractivity contribution < 1.29 is 0 Å². The fourth-order valence-electron chi connectivity index (χ4n) is 3.36. The highest BCUT2D eigenvalue weighted by Crippen LogP contribution is 2.30. The van der Waals surface area contributed by atoms with Crippen LogP contribution in [-0.2, 0) is 0 Å². The molecule has 0 unspecified atom stereocenters. The van der Waals surface area contributed by atoms with Gasteiger partial charge in [0.2, 0.25) is 0 Å². The summed E-state index contributed by atoms with van der Waals surface area (Å²) < 4.78 is 0. The van der Waals surface area contributed by atoms with Crippen molar-refractivity contribution in [3.8, 4) is 0 Å². The van der Waals surface area contributed by atoms with Gasteiger partial charge in [-0.2, -0.15) is 0 Å². The van der Waals surface area contributed by atoms with Crippen LogP contribution in [0.15, 0.2) is 23.8 Å². The smallest absolute Gasteiger partial charge is 0.0170 e. The third kappa shape index (κ3) is 4.49. The molecule has 0 heterocycles. The summed E-state index contributed by atoms with van der Waals surface area (Å²) in [5, 5.41) is 3.53. The standard InChI is InChI=1S/C19H29N/c1-4-20-14-19(18-8-6-5-7-9-18)13-17-11-15(2)10-16(3)12-17/h10-13,18,20H,4-9,14H2,1-3H3/b19-13-. The zero-order valence-corrected chi connectivity index (χ0v) is 13.3. The Kier molecular flexibility index (Phi) is 5.85. The number of aryl methyl sites for hydroxylation is 2. The maximum absolute atomic E-state index is 3.53. The first-order chi connectivity index (χ1) is 9.69. The van der Waals surface area contributed by atoms with E-state index < -0.39 is 0 Å². The second-order valence-corrected chi connectivity index (χ2v) is 6.26. The molecule has 1 N–H and O–H groups in total. The molecule has 1 aliphatic rings. The van der Waals surface area contributed by atoms with Crippen LogP contribution in [0.25, 0.3) is 6.08 Å². The van der Waals surface area contributed by atoms with Gasteiger partial charge < -0.3 is 5.32 Å². The minimum Gasteiger partial charge on any atom is -0.313 e. The summed E-state index contributed by atoms with van der Waals surface area (Å²) in [5.74, 6) is 0.795. The van der Waals surface area contributed by atoms with Gasteiger partial charge in [0.1, 0.15) is 0 Å². The number of nitrogens with one attached hydrogen (secondary N) is 1. The van der Waals surface area contributed by atoms with Crippen molar-refractivity contribution in [2.75, 3.05) is 13.1 Å². The molecule has 0 bridgehead atoms. The molecule has 20 heavy (non-hydrogen) atoms. The van der Waals surface area contributed by atoms with Crippen LogP contribution in [0, 0.1) is 19.8 Å². The minimum atomic E-state index is 0.795. The predicted octanol–water partition coefficient (Wildman–Crippen LogP) is 4.88. The third-order valence-corrected chi connectivity index (χ3v) is 4.30. The highest BCUT2D eigenvalue weighted by Gasteiger charge is 2.17. The van der Waals surface area contributed by atoms with Crippen LogP contribution >= 0.6 is 0 Å². The molecule has 1 heteroatoms. The molecule has 1 aliphatic carbocycles. The Balaban J connectivity index is 2.21. The number of hydrogen-bond donors (Lipinski definition) is 1. The minimum absolute atomic E-state index is 0.795. The van der Waals surface area contributed by atoms with Gasteiger partial charge in [0.15, 0.2) is 0 Å². The van der Waals surface area contributed by atoms with Crippen molar-refractivity contribution in [3.05, 3.63) is 40.5 Å². The van der Waals surface area contributed by atoms with Crippen LogP contribution in [0.3, 0.4) is 0 Å². The van der Waals surface area contributed by atoms with Gasteiger partial charge in [-0.3, -0.25) is 0 Å². The molecule has 1 saturated carbocycles. The maximum atomic E-state index is 3.53. The predicted molar refractivity (Wildman–Crippen MR) is 89.0 cm³/mol. The lowest BCUT2D eigenvalue weighted by Crippen LogP contribution is -2.22. The van der Waals surface area contributed by atoms with Crippen molar-refractivity contribution in [1.82, 2.24) is 5.32 Å². The molecular formula is C19H29N. The summed E-state index contributed by atoms with van der Waals surface area (Å²) in [6.07, 6.45) is 9.43. The van der Waals surface area contributed by atoms with Crippen molar-refractivity contribution in [1.29, 1.82) is 0 Å². The Morgan fingerprint density at radius 2 is 1.75 bits per heavy atom. The number of benzene rings is 1. The lowest BCUT2D eigenvalue weighted by molar-refractivity contribution is 0.397. The third-order valence-electron chi connectivity index (χ3n) is 4.30. The molecule has 0 aromatic heterocycles. The van der Waals surface area contributed by atoms with Gasteiger partial charge in [0, 0.05) is 6.54 Å². The maximum Gasteiger partial charge on any atom is 0.0170 e. The molecule has 2 rings (SSSR count). The van der Waals surface area contributed by atoms with Crippen LogP contribution in [-0.4, -0.2) is 13.1 Å². The van der Waals surface area contributed by atoms with E-state index in [9.17, 15) is 0 Å². The quantitative estimate of drug-likeness (QED) is 0.805. The lowest BCUT2D eigenvalue weighted by Gasteiger charge is -2.25. The first-order valence-electron chi connectivity index (χ1n) is 8.18. The second-order valence-electron chi connectivity index (χ2n) is 6.26. The van der Waals surface area contributed by atoms with Gasteiger partial charge in [-0.15, -0.1) is 0 Å². The molecule has 1 nitrogen and oxygen atoms in total. The molecule has 0 radical (unpaired) electrons. The highest BCUT2D eigenvalue weighted by molar-refractivity contribution is 5.56. The van der Waals surface area contributed by atoms with Crippen LogP contribution in [0.4, 0.5) is 0 Å². The van der Waals surface area contributed by atoms with E-state index in [0.717, 1.165) is 19.0 Å². The van der Waals surface area contributed by atoms with Crippen molar-refractivity contribution in [3.63, 3.8) is 0 Å². The van der Waals surface area contributed by atoms with Crippen molar-refractivity contribution in [2.24, 2.45) is 5.92 Å². The van der Waals surface area contributed by atoms with Crippen LogP contribution in [0.5, 0.6) is 0 Å². The molecule has 0 spiro atoms. The second kappa shape index (κ2) is 7.64. The Morgan fingerprint density at radius 1 is 1.10 bits per heavy atom. The molecule has 110 valence electrons. The molecule has 0 atom stereocenters. The number of likely N-dealkylation sites (N-methyl/N-ethyl adjacent to an activating group) is 1. The van der Waals surface area contributed by atoms with Crippen LogP contribution in [0.2, 0.25) is 0 Å². The molecule has 1 aromatic carbocycles. The Morgan fingerprint density at radius 3 is 2.35 bits per heavy atom. The van der Waals surface area contributed by atoms with Gasteiger partial charge in [0.25, 0.3) is 0 Å². The number of hydrogen-bond acceptors (Lipinski definition) is 1. The molecule has 1 aromatic rings. The fraction of sp³-hybridized carbons (Fsp3) is 0.579. The first-order valence-corrected chi connectivity index (χ1v) is 8.18. The Labute approximate surface area is 124 Å². The fourth-order valence-corrected chi connectivity index (χ4v) is 3.36.